The van der Waals surface area contributed by atoms with Crippen molar-refractivity contribution in [3.63, 3.8) is 0 Å². The molecule has 0 bridgehead atoms. The lowest BCUT2D eigenvalue weighted by Gasteiger charge is -2.28. The molecule has 2 aromatic rings. The molecule has 1 saturated heterocycles. The molecule has 6 nitrogen and oxygen atoms in total. The summed E-state index contributed by atoms with van der Waals surface area (Å²) in [5.74, 6) is 0. The van der Waals surface area contributed by atoms with Crippen molar-refractivity contribution in [3.8, 4) is 0 Å². The summed E-state index contributed by atoms with van der Waals surface area (Å²) in [5, 5.41) is 14.9. The standard InChI is InChI=1S/C19H23N3O3/c1-14-3-4-15(2)17(11-14)20-13-16-5-6-18(19(12-16)22(23)24)21-7-9-25-10-8-21/h3-6,11-12,20H,7-10,13H2,1-2H3. The molecule has 0 unspecified atom stereocenters. The number of ether oxygens (including phenoxy) is 1. The minimum atomic E-state index is -0.299. The van der Waals surface area contributed by atoms with E-state index in [0.717, 1.165) is 16.8 Å². The summed E-state index contributed by atoms with van der Waals surface area (Å²) < 4.78 is 5.33. The van der Waals surface area contributed by atoms with E-state index in [-0.39, 0.29) is 10.6 Å². The Morgan fingerprint density at radius 2 is 1.92 bits per heavy atom. The Labute approximate surface area is 147 Å². The van der Waals surface area contributed by atoms with Crippen LogP contribution in [-0.2, 0) is 11.3 Å². The van der Waals surface area contributed by atoms with Crippen LogP contribution in [0.2, 0.25) is 0 Å². The predicted molar refractivity (Wildman–Crippen MR) is 99.4 cm³/mol. The fourth-order valence-electron chi connectivity index (χ4n) is 3.02. The van der Waals surface area contributed by atoms with Gasteiger partial charge in [0.2, 0.25) is 0 Å². The molecule has 0 aromatic heterocycles. The van der Waals surface area contributed by atoms with E-state index in [1.807, 2.05) is 30.9 Å². The van der Waals surface area contributed by atoms with E-state index in [0.29, 0.717) is 38.5 Å². The van der Waals surface area contributed by atoms with Crippen LogP contribution in [-0.4, -0.2) is 31.2 Å². The molecule has 1 aliphatic heterocycles. The van der Waals surface area contributed by atoms with Crippen LogP contribution in [0, 0.1) is 24.0 Å². The van der Waals surface area contributed by atoms with Gasteiger partial charge in [-0.25, -0.2) is 0 Å². The largest absolute Gasteiger partial charge is 0.381 e. The number of anilines is 2. The fraction of sp³-hybridized carbons (Fsp3) is 0.368. The highest BCUT2D eigenvalue weighted by Gasteiger charge is 2.21. The lowest BCUT2D eigenvalue weighted by Crippen LogP contribution is -2.36. The summed E-state index contributed by atoms with van der Waals surface area (Å²) in [5.41, 5.74) is 5.11. The number of aryl methyl sites for hydroxylation is 2. The van der Waals surface area contributed by atoms with Crippen molar-refractivity contribution in [2.75, 3.05) is 36.5 Å². The highest BCUT2D eigenvalue weighted by molar-refractivity contribution is 5.65. The average Bonchev–Trinajstić information content (AvgIpc) is 2.63. The van der Waals surface area contributed by atoms with E-state index < -0.39 is 0 Å². The molecule has 2 aromatic carbocycles. The summed E-state index contributed by atoms with van der Waals surface area (Å²) in [6, 6.07) is 11.7. The van der Waals surface area contributed by atoms with Crippen LogP contribution < -0.4 is 10.2 Å². The molecular weight excluding hydrogens is 318 g/mol. The van der Waals surface area contributed by atoms with Gasteiger partial charge in [-0.1, -0.05) is 18.2 Å². The highest BCUT2D eigenvalue weighted by atomic mass is 16.6. The number of benzene rings is 2. The molecule has 1 aliphatic rings. The molecule has 132 valence electrons. The topological polar surface area (TPSA) is 67.6 Å². The number of nitrogens with one attached hydrogen (secondary N) is 1. The third-order valence-corrected chi connectivity index (χ3v) is 4.46. The summed E-state index contributed by atoms with van der Waals surface area (Å²) in [4.78, 5) is 13.2. The Balaban J connectivity index is 1.79. The summed E-state index contributed by atoms with van der Waals surface area (Å²) in [6.45, 7) is 7.22. The predicted octanol–water partition coefficient (Wildman–Crippen LogP) is 3.66. The molecule has 0 spiro atoms. The first-order valence-corrected chi connectivity index (χ1v) is 8.46. The molecule has 1 N–H and O–H groups in total. The van der Waals surface area contributed by atoms with Gasteiger partial charge in [-0.2, -0.15) is 0 Å². The highest BCUT2D eigenvalue weighted by Crippen LogP contribution is 2.30. The van der Waals surface area contributed by atoms with Gasteiger partial charge in [0.15, 0.2) is 0 Å². The smallest absolute Gasteiger partial charge is 0.292 e. The quantitative estimate of drug-likeness (QED) is 0.664. The molecule has 0 radical (unpaired) electrons. The van der Waals surface area contributed by atoms with E-state index in [9.17, 15) is 10.1 Å². The second-order valence-corrected chi connectivity index (χ2v) is 6.35. The number of nitro groups is 1. The number of nitro benzene ring substituents is 1. The van der Waals surface area contributed by atoms with Crippen molar-refractivity contribution >= 4 is 17.1 Å². The monoisotopic (exact) mass is 341 g/mol. The van der Waals surface area contributed by atoms with E-state index in [2.05, 4.69) is 23.5 Å². The van der Waals surface area contributed by atoms with Gasteiger partial charge in [0.25, 0.3) is 5.69 Å². The van der Waals surface area contributed by atoms with Crippen molar-refractivity contribution < 1.29 is 9.66 Å². The maximum Gasteiger partial charge on any atom is 0.292 e. The van der Waals surface area contributed by atoms with Gasteiger partial charge in [-0.3, -0.25) is 10.1 Å². The van der Waals surface area contributed by atoms with Gasteiger partial charge in [-0.05, 0) is 42.7 Å². The number of nitrogens with zero attached hydrogens (tertiary/aromatic N) is 2. The zero-order valence-electron chi connectivity index (χ0n) is 14.6. The molecule has 3 rings (SSSR count). The Hall–Kier alpha value is -2.60. The minimum absolute atomic E-state index is 0.155. The third-order valence-electron chi connectivity index (χ3n) is 4.46. The van der Waals surface area contributed by atoms with Crippen molar-refractivity contribution in [1.82, 2.24) is 0 Å². The van der Waals surface area contributed by atoms with Gasteiger partial charge < -0.3 is 15.0 Å². The normalized spacial score (nSPS) is 14.4. The molecular formula is C19H23N3O3. The minimum Gasteiger partial charge on any atom is -0.381 e. The molecule has 6 heteroatoms. The van der Waals surface area contributed by atoms with Crippen LogP contribution >= 0.6 is 0 Å². The molecule has 1 fully saturated rings. The van der Waals surface area contributed by atoms with Crippen molar-refractivity contribution in [2.24, 2.45) is 0 Å². The SMILES string of the molecule is Cc1ccc(C)c(NCc2ccc(N3CCOCC3)c([N+](=O)[O-])c2)c1. The summed E-state index contributed by atoms with van der Waals surface area (Å²) in [7, 11) is 0. The Morgan fingerprint density at radius 1 is 1.16 bits per heavy atom. The molecule has 1 heterocycles. The molecule has 0 amide bonds. The maximum atomic E-state index is 11.5. The first kappa shape index (κ1) is 17.2. The van der Waals surface area contributed by atoms with Crippen LogP contribution in [0.3, 0.4) is 0 Å². The number of rotatable bonds is 5. The first-order chi connectivity index (χ1) is 12.0. The van der Waals surface area contributed by atoms with Crippen LogP contribution in [0.15, 0.2) is 36.4 Å². The van der Waals surface area contributed by atoms with Gasteiger partial charge in [-0.15, -0.1) is 0 Å². The average molecular weight is 341 g/mol. The Bertz CT molecular complexity index is 771. The number of morpholine rings is 1. The van der Waals surface area contributed by atoms with Crippen LogP contribution in [0.25, 0.3) is 0 Å². The molecule has 0 aliphatic carbocycles. The Morgan fingerprint density at radius 3 is 2.64 bits per heavy atom. The summed E-state index contributed by atoms with van der Waals surface area (Å²) in [6.07, 6.45) is 0. The second kappa shape index (κ2) is 7.53. The zero-order valence-corrected chi connectivity index (χ0v) is 14.6. The summed E-state index contributed by atoms with van der Waals surface area (Å²) >= 11 is 0. The van der Waals surface area contributed by atoms with Crippen LogP contribution in [0.1, 0.15) is 16.7 Å². The lowest BCUT2D eigenvalue weighted by atomic mass is 10.1. The second-order valence-electron chi connectivity index (χ2n) is 6.35. The van der Waals surface area contributed by atoms with Gasteiger partial charge >= 0.3 is 0 Å². The number of hydrogen-bond donors (Lipinski definition) is 1. The van der Waals surface area contributed by atoms with Crippen molar-refractivity contribution in [2.45, 2.75) is 20.4 Å². The van der Waals surface area contributed by atoms with Crippen molar-refractivity contribution in [3.05, 3.63) is 63.2 Å². The van der Waals surface area contributed by atoms with E-state index >= 15 is 0 Å². The third kappa shape index (κ3) is 4.09. The van der Waals surface area contributed by atoms with Gasteiger partial charge in [0, 0.05) is 31.4 Å². The van der Waals surface area contributed by atoms with Gasteiger partial charge in [0.1, 0.15) is 5.69 Å². The van der Waals surface area contributed by atoms with Crippen LogP contribution in [0.5, 0.6) is 0 Å². The Kier molecular flexibility index (Phi) is 5.19. The molecule has 0 atom stereocenters. The van der Waals surface area contributed by atoms with E-state index in [4.69, 9.17) is 4.74 Å². The van der Waals surface area contributed by atoms with E-state index in [1.165, 1.54) is 5.56 Å². The molecule has 0 saturated carbocycles. The van der Waals surface area contributed by atoms with Crippen molar-refractivity contribution in [1.29, 1.82) is 0 Å². The number of hydrogen-bond acceptors (Lipinski definition) is 5. The fourth-order valence-corrected chi connectivity index (χ4v) is 3.02. The van der Waals surface area contributed by atoms with Gasteiger partial charge in [0.05, 0.1) is 18.1 Å². The lowest BCUT2D eigenvalue weighted by molar-refractivity contribution is -0.384. The zero-order chi connectivity index (χ0) is 17.8. The molecule has 25 heavy (non-hydrogen) atoms. The first-order valence-electron chi connectivity index (χ1n) is 8.46. The van der Waals surface area contributed by atoms with Crippen LogP contribution in [0.4, 0.5) is 17.1 Å². The van der Waals surface area contributed by atoms with E-state index in [1.54, 1.807) is 6.07 Å². The maximum absolute atomic E-state index is 11.5.